The van der Waals surface area contributed by atoms with E-state index in [-0.39, 0.29) is 11.6 Å². The summed E-state index contributed by atoms with van der Waals surface area (Å²) >= 11 is 0. The molecule has 38 heavy (non-hydrogen) atoms. The summed E-state index contributed by atoms with van der Waals surface area (Å²) in [6.45, 7) is 0. The topological polar surface area (TPSA) is 146 Å². The van der Waals surface area contributed by atoms with Gasteiger partial charge in [-0.05, 0) is 48.5 Å². The lowest BCUT2D eigenvalue weighted by Crippen LogP contribution is -2.15. The van der Waals surface area contributed by atoms with Crippen LogP contribution in [0.5, 0.6) is 0 Å². The number of nitrogens with zero attached hydrogens (tertiary/aromatic N) is 10. The van der Waals surface area contributed by atoms with Gasteiger partial charge in [0.25, 0.3) is 5.78 Å². The van der Waals surface area contributed by atoms with Crippen molar-refractivity contribution in [2.45, 2.75) is 0 Å². The van der Waals surface area contributed by atoms with Gasteiger partial charge in [0.15, 0.2) is 23.3 Å². The second-order valence-electron chi connectivity index (χ2n) is 7.89. The first kappa shape index (κ1) is 22.7. The zero-order chi connectivity index (χ0) is 25.7. The van der Waals surface area contributed by atoms with Crippen molar-refractivity contribution in [3.05, 3.63) is 110 Å². The van der Waals surface area contributed by atoms with Crippen molar-refractivity contribution < 1.29 is 4.79 Å². The average Bonchev–Trinajstić information content (AvgIpc) is 3.02. The number of carbonyl (C=O) groups is 1. The lowest BCUT2D eigenvalue weighted by Gasteiger charge is -2.09. The molecule has 180 valence electrons. The van der Waals surface area contributed by atoms with Crippen LogP contribution < -0.4 is 0 Å². The Hall–Kier alpha value is -5.71. The minimum absolute atomic E-state index is 0.105. The van der Waals surface area contributed by atoms with Gasteiger partial charge in [-0.25, -0.2) is 29.9 Å². The van der Waals surface area contributed by atoms with E-state index in [1.54, 1.807) is 98.1 Å². The van der Waals surface area contributed by atoms with Crippen LogP contribution in [0.2, 0.25) is 0 Å². The summed E-state index contributed by atoms with van der Waals surface area (Å²) in [7, 11) is 0. The van der Waals surface area contributed by atoms with E-state index in [1.807, 2.05) is 0 Å². The molecule has 0 amide bonds. The molecule has 0 saturated heterocycles. The van der Waals surface area contributed by atoms with Crippen LogP contribution in [0, 0.1) is 0 Å². The molecule has 0 fully saturated rings. The maximum absolute atomic E-state index is 13.8. The molecule has 0 aromatic carbocycles. The van der Waals surface area contributed by atoms with Crippen molar-refractivity contribution in [3.63, 3.8) is 0 Å². The Kier molecular flexibility index (Phi) is 6.05. The number of hydrogen-bond donors (Lipinski definition) is 0. The molecule has 6 aromatic heterocycles. The van der Waals surface area contributed by atoms with E-state index in [9.17, 15) is 4.79 Å². The highest BCUT2D eigenvalue weighted by molar-refractivity contribution is 6.04. The Bertz CT molecular complexity index is 1470. The Morgan fingerprint density at radius 1 is 0.368 bits per heavy atom. The predicted molar refractivity (Wildman–Crippen MR) is 136 cm³/mol. The summed E-state index contributed by atoms with van der Waals surface area (Å²) in [5.74, 6) is 0.472. The van der Waals surface area contributed by atoms with Gasteiger partial charge in [0.2, 0.25) is 11.6 Å². The standard InChI is InChI=1S/C27H16N10O/c38-21(26-34-22(17-1-9-28-10-2-17)32-23(35-26)18-3-11-29-12-4-18)27-36-24(19-5-13-30-14-6-19)33-25(37-27)20-7-15-31-16-8-20/h1-16H. The van der Waals surface area contributed by atoms with E-state index >= 15 is 0 Å². The van der Waals surface area contributed by atoms with Gasteiger partial charge < -0.3 is 0 Å². The van der Waals surface area contributed by atoms with Gasteiger partial charge in [0.1, 0.15) is 0 Å². The van der Waals surface area contributed by atoms with Gasteiger partial charge in [-0.3, -0.25) is 24.7 Å². The lowest BCUT2D eigenvalue weighted by molar-refractivity contribution is 0.101. The molecule has 0 saturated carbocycles. The molecule has 0 radical (unpaired) electrons. The minimum atomic E-state index is -0.578. The quantitative estimate of drug-likeness (QED) is 0.312. The number of carbonyl (C=O) groups excluding carboxylic acids is 1. The smallest absolute Gasteiger partial charge is 0.267 e. The molecule has 6 rings (SSSR count). The maximum atomic E-state index is 13.8. The molecule has 0 unspecified atom stereocenters. The van der Waals surface area contributed by atoms with E-state index in [4.69, 9.17) is 0 Å². The molecule has 11 nitrogen and oxygen atoms in total. The minimum Gasteiger partial charge on any atom is -0.281 e. The summed E-state index contributed by atoms with van der Waals surface area (Å²) < 4.78 is 0. The average molecular weight is 496 g/mol. The van der Waals surface area contributed by atoms with Crippen LogP contribution in [0.3, 0.4) is 0 Å². The monoisotopic (exact) mass is 496 g/mol. The highest BCUT2D eigenvalue weighted by Crippen LogP contribution is 2.22. The van der Waals surface area contributed by atoms with Gasteiger partial charge >= 0.3 is 0 Å². The van der Waals surface area contributed by atoms with Crippen LogP contribution in [0.1, 0.15) is 16.4 Å². The fourth-order valence-corrected chi connectivity index (χ4v) is 3.58. The first-order valence-corrected chi connectivity index (χ1v) is 11.4. The summed E-state index contributed by atoms with van der Waals surface area (Å²) in [5.41, 5.74) is 2.71. The Labute approximate surface area is 215 Å². The Morgan fingerprint density at radius 2 is 0.605 bits per heavy atom. The van der Waals surface area contributed by atoms with Gasteiger partial charge in [0, 0.05) is 71.8 Å². The van der Waals surface area contributed by atoms with E-state index in [2.05, 4.69) is 49.8 Å². The highest BCUT2D eigenvalue weighted by Gasteiger charge is 2.22. The van der Waals surface area contributed by atoms with Crippen molar-refractivity contribution >= 4 is 5.78 Å². The van der Waals surface area contributed by atoms with Crippen molar-refractivity contribution in [1.82, 2.24) is 49.8 Å². The van der Waals surface area contributed by atoms with Crippen molar-refractivity contribution in [1.29, 1.82) is 0 Å². The predicted octanol–water partition coefficient (Wildman–Crippen LogP) is 3.54. The summed E-state index contributed by atoms with van der Waals surface area (Å²) in [6, 6.07) is 14.0. The third-order valence-electron chi connectivity index (χ3n) is 5.43. The zero-order valence-corrected chi connectivity index (χ0v) is 19.6. The molecule has 6 aromatic rings. The number of ketones is 1. The van der Waals surface area contributed by atoms with Crippen LogP contribution in [-0.4, -0.2) is 55.6 Å². The third-order valence-corrected chi connectivity index (χ3v) is 5.43. The number of hydrogen-bond acceptors (Lipinski definition) is 11. The number of pyridine rings is 4. The molecule has 0 bridgehead atoms. The van der Waals surface area contributed by atoms with Gasteiger partial charge in [-0.15, -0.1) is 0 Å². The SMILES string of the molecule is O=C(c1nc(-c2ccncc2)nc(-c2ccncc2)n1)c1nc(-c2ccncc2)nc(-c2ccncc2)n1. The highest BCUT2D eigenvalue weighted by atomic mass is 16.1. The largest absolute Gasteiger partial charge is 0.281 e. The normalized spacial score (nSPS) is 10.7. The molecular formula is C27H16N10O. The number of rotatable bonds is 6. The van der Waals surface area contributed by atoms with Crippen LogP contribution in [0.15, 0.2) is 98.1 Å². The molecule has 11 heteroatoms. The van der Waals surface area contributed by atoms with E-state index in [1.165, 1.54) is 0 Å². The molecule has 6 heterocycles. The molecular weight excluding hydrogens is 480 g/mol. The molecule has 0 atom stereocenters. The maximum Gasteiger partial charge on any atom is 0.267 e. The van der Waals surface area contributed by atoms with E-state index in [0.717, 1.165) is 0 Å². The Balaban J connectivity index is 1.51. The fourth-order valence-electron chi connectivity index (χ4n) is 3.58. The van der Waals surface area contributed by atoms with Gasteiger partial charge in [0.05, 0.1) is 0 Å². The molecule has 0 aliphatic carbocycles. The molecule has 0 aliphatic rings. The Morgan fingerprint density at radius 3 is 0.842 bits per heavy atom. The van der Waals surface area contributed by atoms with Crippen molar-refractivity contribution in [2.24, 2.45) is 0 Å². The molecule has 0 N–H and O–H groups in total. The zero-order valence-electron chi connectivity index (χ0n) is 19.6. The molecule has 0 aliphatic heterocycles. The van der Waals surface area contributed by atoms with Crippen LogP contribution in [-0.2, 0) is 0 Å². The van der Waals surface area contributed by atoms with Crippen LogP contribution in [0.4, 0.5) is 0 Å². The van der Waals surface area contributed by atoms with Crippen LogP contribution in [0.25, 0.3) is 45.6 Å². The lowest BCUT2D eigenvalue weighted by atomic mass is 10.2. The van der Waals surface area contributed by atoms with Crippen molar-refractivity contribution in [2.75, 3.05) is 0 Å². The van der Waals surface area contributed by atoms with Gasteiger partial charge in [-0.1, -0.05) is 0 Å². The van der Waals surface area contributed by atoms with E-state index < -0.39 is 5.78 Å². The van der Waals surface area contributed by atoms with Crippen LogP contribution >= 0.6 is 0 Å². The first-order chi connectivity index (χ1) is 18.7. The van der Waals surface area contributed by atoms with Crippen molar-refractivity contribution in [3.8, 4) is 45.6 Å². The van der Waals surface area contributed by atoms with Gasteiger partial charge in [-0.2, -0.15) is 0 Å². The van der Waals surface area contributed by atoms with E-state index in [0.29, 0.717) is 45.6 Å². The first-order valence-electron chi connectivity index (χ1n) is 11.4. The molecule has 0 spiro atoms. The fraction of sp³-hybridized carbons (Fsp3) is 0. The summed E-state index contributed by atoms with van der Waals surface area (Å²) in [5, 5.41) is 0. The summed E-state index contributed by atoms with van der Waals surface area (Å²) in [4.78, 5) is 57.1. The second-order valence-corrected chi connectivity index (χ2v) is 7.89. The summed E-state index contributed by atoms with van der Waals surface area (Å²) in [6.07, 6.45) is 13.0. The second kappa shape index (κ2) is 10.1. The third kappa shape index (κ3) is 4.71. The number of aromatic nitrogens is 10.